The Morgan fingerprint density at radius 1 is 1.17 bits per heavy atom. The van der Waals surface area contributed by atoms with Gasteiger partial charge in [-0.3, -0.25) is 14.7 Å². The third-order valence-electron chi connectivity index (χ3n) is 6.32. The molecule has 2 amide bonds. The molecule has 156 valence electrons. The van der Waals surface area contributed by atoms with Crippen molar-refractivity contribution in [2.45, 2.75) is 50.9 Å². The van der Waals surface area contributed by atoms with E-state index in [2.05, 4.69) is 20.5 Å². The number of aromatic amines is 1. The van der Waals surface area contributed by atoms with Crippen molar-refractivity contribution in [2.75, 3.05) is 19.6 Å². The molecule has 2 fully saturated rings. The molecule has 3 heterocycles. The number of aryl methyl sites for hydroxylation is 1. The van der Waals surface area contributed by atoms with E-state index in [0.717, 1.165) is 43.5 Å². The van der Waals surface area contributed by atoms with Gasteiger partial charge < -0.3 is 14.8 Å². The summed E-state index contributed by atoms with van der Waals surface area (Å²) >= 11 is 0. The van der Waals surface area contributed by atoms with Crippen LogP contribution in [0.4, 0.5) is 0 Å². The standard InChI is InChI=1S/C21H30N6O2/c1-26-14-22-12-18(26)20(28)23-10-15-6-5-9-27(13-15)21(29)17-11-24-25-19(17)16-7-3-2-4-8-16/h11-12,14-16H,2-10,13H2,1H3,(H,23,28)(H,24,25). The van der Waals surface area contributed by atoms with Crippen molar-refractivity contribution in [3.05, 3.63) is 35.7 Å². The number of carbonyl (C=O) groups excluding carboxylic acids is 2. The van der Waals surface area contributed by atoms with Crippen LogP contribution in [0.1, 0.15) is 77.4 Å². The first-order chi connectivity index (χ1) is 14.1. The fourth-order valence-electron chi connectivity index (χ4n) is 4.66. The number of amides is 2. The van der Waals surface area contributed by atoms with Crippen molar-refractivity contribution in [3.8, 4) is 0 Å². The van der Waals surface area contributed by atoms with Gasteiger partial charge in [0.25, 0.3) is 11.8 Å². The van der Waals surface area contributed by atoms with Crippen LogP contribution in [-0.4, -0.2) is 56.1 Å². The van der Waals surface area contributed by atoms with Gasteiger partial charge in [-0.25, -0.2) is 4.98 Å². The molecule has 1 aliphatic heterocycles. The zero-order valence-corrected chi connectivity index (χ0v) is 17.1. The van der Waals surface area contributed by atoms with E-state index < -0.39 is 0 Å². The normalized spacial score (nSPS) is 20.6. The molecule has 2 aliphatic rings. The molecule has 2 aromatic heterocycles. The van der Waals surface area contributed by atoms with E-state index in [0.29, 0.717) is 24.7 Å². The highest BCUT2D eigenvalue weighted by atomic mass is 16.2. The van der Waals surface area contributed by atoms with E-state index in [-0.39, 0.29) is 17.7 Å². The molecule has 0 spiro atoms. The molecule has 4 rings (SSSR count). The average Bonchev–Trinajstić information content (AvgIpc) is 3.41. The zero-order valence-electron chi connectivity index (χ0n) is 17.1. The number of piperidine rings is 1. The molecular weight excluding hydrogens is 368 g/mol. The van der Waals surface area contributed by atoms with Gasteiger partial charge in [0.05, 0.1) is 30.0 Å². The van der Waals surface area contributed by atoms with Crippen LogP contribution < -0.4 is 5.32 Å². The summed E-state index contributed by atoms with van der Waals surface area (Å²) in [4.78, 5) is 31.5. The molecule has 2 N–H and O–H groups in total. The van der Waals surface area contributed by atoms with Crippen molar-refractivity contribution in [1.82, 2.24) is 30.0 Å². The minimum Gasteiger partial charge on any atom is -0.350 e. The lowest BCUT2D eigenvalue weighted by atomic mass is 9.85. The smallest absolute Gasteiger partial charge is 0.269 e. The summed E-state index contributed by atoms with van der Waals surface area (Å²) in [6, 6.07) is 0. The predicted octanol–water partition coefficient (Wildman–Crippen LogP) is 2.47. The van der Waals surface area contributed by atoms with Gasteiger partial charge in [0.15, 0.2) is 0 Å². The van der Waals surface area contributed by atoms with Crippen molar-refractivity contribution < 1.29 is 9.59 Å². The fraction of sp³-hybridized carbons (Fsp3) is 0.619. The molecule has 0 radical (unpaired) electrons. The van der Waals surface area contributed by atoms with Crippen LogP contribution in [0.5, 0.6) is 0 Å². The lowest BCUT2D eigenvalue weighted by molar-refractivity contribution is 0.0668. The van der Waals surface area contributed by atoms with Crippen LogP contribution in [0.15, 0.2) is 18.7 Å². The van der Waals surface area contributed by atoms with E-state index >= 15 is 0 Å². The van der Waals surface area contributed by atoms with Gasteiger partial charge in [-0.15, -0.1) is 0 Å². The molecule has 0 bridgehead atoms. The first kappa shape index (κ1) is 19.7. The second-order valence-corrected chi connectivity index (χ2v) is 8.39. The lowest BCUT2D eigenvalue weighted by Gasteiger charge is -2.33. The van der Waals surface area contributed by atoms with Gasteiger partial charge in [-0.2, -0.15) is 5.10 Å². The summed E-state index contributed by atoms with van der Waals surface area (Å²) in [5, 5.41) is 10.3. The van der Waals surface area contributed by atoms with Gasteiger partial charge in [0, 0.05) is 32.6 Å². The number of carbonyl (C=O) groups is 2. The fourth-order valence-corrected chi connectivity index (χ4v) is 4.66. The van der Waals surface area contributed by atoms with Crippen LogP contribution in [0.2, 0.25) is 0 Å². The molecule has 1 unspecified atom stereocenters. The number of hydrogen-bond acceptors (Lipinski definition) is 4. The second kappa shape index (κ2) is 8.80. The number of aromatic nitrogens is 4. The Morgan fingerprint density at radius 3 is 2.76 bits per heavy atom. The minimum atomic E-state index is -0.122. The van der Waals surface area contributed by atoms with Gasteiger partial charge in [0.1, 0.15) is 5.69 Å². The molecule has 1 aliphatic carbocycles. The summed E-state index contributed by atoms with van der Waals surface area (Å²) in [5.74, 6) is 0.628. The SMILES string of the molecule is Cn1cncc1C(=O)NCC1CCCN(C(=O)c2cn[nH]c2C2CCCCC2)C1. The minimum absolute atomic E-state index is 0.0713. The Labute approximate surface area is 171 Å². The number of hydrogen-bond donors (Lipinski definition) is 2. The van der Waals surface area contributed by atoms with Gasteiger partial charge in [-0.05, 0) is 31.6 Å². The van der Waals surface area contributed by atoms with E-state index in [1.54, 1.807) is 30.3 Å². The maximum absolute atomic E-state index is 13.2. The van der Waals surface area contributed by atoms with E-state index in [9.17, 15) is 9.59 Å². The average molecular weight is 399 g/mol. The topological polar surface area (TPSA) is 95.9 Å². The monoisotopic (exact) mass is 398 g/mol. The molecular formula is C21H30N6O2. The van der Waals surface area contributed by atoms with Crippen LogP contribution in [0.25, 0.3) is 0 Å². The Bertz CT molecular complexity index is 851. The summed E-state index contributed by atoms with van der Waals surface area (Å²) in [5.41, 5.74) is 2.29. The van der Waals surface area contributed by atoms with Crippen LogP contribution in [0.3, 0.4) is 0 Å². The number of nitrogens with one attached hydrogen (secondary N) is 2. The van der Waals surface area contributed by atoms with Crippen LogP contribution in [-0.2, 0) is 7.05 Å². The van der Waals surface area contributed by atoms with Crippen molar-refractivity contribution in [1.29, 1.82) is 0 Å². The first-order valence-corrected chi connectivity index (χ1v) is 10.7. The Morgan fingerprint density at radius 2 is 2.00 bits per heavy atom. The van der Waals surface area contributed by atoms with Crippen LogP contribution in [0, 0.1) is 5.92 Å². The molecule has 2 aromatic rings. The molecule has 0 aromatic carbocycles. The summed E-state index contributed by atoms with van der Waals surface area (Å²) in [7, 11) is 1.80. The van der Waals surface area contributed by atoms with E-state index in [4.69, 9.17) is 0 Å². The first-order valence-electron chi connectivity index (χ1n) is 10.7. The number of imidazole rings is 1. The third-order valence-corrected chi connectivity index (χ3v) is 6.32. The number of H-pyrrole nitrogens is 1. The zero-order chi connectivity index (χ0) is 20.2. The molecule has 1 saturated carbocycles. The highest BCUT2D eigenvalue weighted by molar-refractivity contribution is 5.95. The van der Waals surface area contributed by atoms with Crippen molar-refractivity contribution in [2.24, 2.45) is 13.0 Å². The largest absolute Gasteiger partial charge is 0.350 e. The van der Waals surface area contributed by atoms with Gasteiger partial charge >= 0.3 is 0 Å². The van der Waals surface area contributed by atoms with E-state index in [1.807, 2.05) is 4.90 Å². The molecule has 29 heavy (non-hydrogen) atoms. The number of nitrogens with zero attached hydrogens (tertiary/aromatic N) is 4. The summed E-state index contributed by atoms with van der Waals surface area (Å²) < 4.78 is 1.71. The van der Waals surface area contributed by atoms with Crippen molar-refractivity contribution in [3.63, 3.8) is 0 Å². The summed E-state index contributed by atoms with van der Waals surface area (Å²) in [6.45, 7) is 1.99. The maximum Gasteiger partial charge on any atom is 0.269 e. The molecule has 8 heteroatoms. The second-order valence-electron chi connectivity index (χ2n) is 8.39. The highest BCUT2D eigenvalue weighted by Gasteiger charge is 2.29. The maximum atomic E-state index is 13.2. The van der Waals surface area contributed by atoms with Crippen LogP contribution >= 0.6 is 0 Å². The number of likely N-dealkylation sites (tertiary alicyclic amines) is 1. The lowest BCUT2D eigenvalue weighted by Crippen LogP contribution is -2.44. The van der Waals surface area contributed by atoms with Gasteiger partial charge in [-0.1, -0.05) is 19.3 Å². The molecule has 8 nitrogen and oxygen atoms in total. The molecule has 1 atom stereocenters. The summed E-state index contributed by atoms with van der Waals surface area (Å²) in [6.07, 6.45) is 12.8. The molecule has 1 saturated heterocycles. The Balaban J connectivity index is 1.36. The highest BCUT2D eigenvalue weighted by Crippen LogP contribution is 2.33. The van der Waals surface area contributed by atoms with E-state index in [1.165, 1.54) is 19.3 Å². The Hall–Kier alpha value is -2.64. The number of rotatable bonds is 5. The predicted molar refractivity (Wildman–Crippen MR) is 109 cm³/mol. The Kier molecular flexibility index (Phi) is 5.97. The third kappa shape index (κ3) is 4.36. The van der Waals surface area contributed by atoms with Gasteiger partial charge in [0.2, 0.25) is 0 Å². The van der Waals surface area contributed by atoms with Crippen molar-refractivity contribution >= 4 is 11.8 Å². The quantitative estimate of drug-likeness (QED) is 0.809.